The highest BCUT2D eigenvalue weighted by Crippen LogP contribution is 2.17. The Morgan fingerprint density at radius 1 is 0.795 bits per heavy atom. The number of carbonyl (C=O) groups is 4. The number of hydrogen-bond acceptors (Lipinski definition) is 11. The Labute approximate surface area is 254 Å². The van der Waals surface area contributed by atoms with E-state index in [0.717, 1.165) is 0 Å². The molecule has 0 saturated carbocycles. The smallest absolute Gasteiger partial charge is 0.329 e. The van der Waals surface area contributed by atoms with Crippen molar-refractivity contribution in [2.75, 3.05) is 64.1 Å². The zero-order chi connectivity index (χ0) is 32.2. The SMILES string of the molecule is O=C(O)CCc1cccc(S(=O)(=O)Nc2ccc(C(=O)NCCOCCOCC(=O)CCCOCCOCC(=O)O)cn2)c1. The summed E-state index contributed by atoms with van der Waals surface area (Å²) in [6.45, 7) is 1.16. The van der Waals surface area contributed by atoms with Crippen molar-refractivity contribution in [2.24, 2.45) is 0 Å². The molecule has 1 aromatic heterocycles. The van der Waals surface area contributed by atoms with E-state index in [0.29, 0.717) is 18.6 Å². The van der Waals surface area contributed by atoms with Gasteiger partial charge in [0.25, 0.3) is 15.9 Å². The minimum atomic E-state index is -3.98. The van der Waals surface area contributed by atoms with Crippen LogP contribution in [-0.4, -0.2) is 107 Å². The molecule has 0 fully saturated rings. The monoisotopic (exact) mass is 639 g/mol. The highest BCUT2D eigenvalue weighted by Gasteiger charge is 2.16. The molecule has 0 bridgehead atoms. The van der Waals surface area contributed by atoms with E-state index in [1.807, 2.05) is 0 Å². The topological polar surface area (TPSA) is 217 Å². The number of carboxylic acids is 2. The molecule has 2 aromatic rings. The number of ether oxygens (including phenoxy) is 4. The van der Waals surface area contributed by atoms with Gasteiger partial charge >= 0.3 is 11.9 Å². The molecular weight excluding hydrogens is 602 g/mol. The summed E-state index contributed by atoms with van der Waals surface area (Å²) in [5.74, 6) is -2.54. The fraction of sp³-hybridized carbons (Fsp3) is 0.464. The van der Waals surface area contributed by atoms with E-state index in [-0.39, 0.29) is 94.1 Å². The summed E-state index contributed by atoms with van der Waals surface area (Å²) in [5, 5.41) is 19.9. The lowest BCUT2D eigenvalue weighted by atomic mass is 10.1. The standard InChI is InChI=1S/C28H37N3O12S/c32-23(4-2-11-40-13-16-43-20-27(35)36)19-42-15-14-41-12-10-29-28(37)22-7-8-25(30-18-22)31-44(38,39)24-5-1-3-21(17-24)6-9-26(33)34/h1,3,5,7-8,17-18H,2,4,6,9-16,19-20H2,(H,29,37)(H,30,31)(H,33,34)(H,35,36). The molecule has 1 aromatic carbocycles. The summed E-state index contributed by atoms with van der Waals surface area (Å²) in [5.41, 5.74) is 0.777. The number of pyridine rings is 1. The van der Waals surface area contributed by atoms with Gasteiger partial charge in [-0.1, -0.05) is 12.1 Å². The van der Waals surface area contributed by atoms with Gasteiger partial charge in [-0.25, -0.2) is 18.2 Å². The minimum Gasteiger partial charge on any atom is -0.481 e. The molecule has 0 aliphatic carbocycles. The van der Waals surface area contributed by atoms with Gasteiger partial charge in [-0.05, 0) is 42.7 Å². The highest BCUT2D eigenvalue weighted by atomic mass is 32.2. The predicted octanol–water partition coefficient (Wildman–Crippen LogP) is 1.13. The summed E-state index contributed by atoms with van der Waals surface area (Å²) in [6, 6.07) is 8.72. The second kappa shape index (κ2) is 20.1. The number of Topliss-reactive ketones (excluding diaryl/α,β-unsaturated/α-hetero) is 1. The first-order valence-electron chi connectivity index (χ1n) is 13.7. The number of aliphatic carboxylic acids is 2. The maximum atomic E-state index is 12.7. The van der Waals surface area contributed by atoms with Gasteiger partial charge in [-0.3, -0.25) is 19.1 Å². The number of ketones is 1. The van der Waals surface area contributed by atoms with Crippen LogP contribution in [0.3, 0.4) is 0 Å². The molecule has 2 rings (SSSR count). The zero-order valence-electron chi connectivity index (χ0n) is 24.1. The molecule has 15 nitrogen and oxygen atoms in total. The maximum absolute atomic E-state index is 12.7. The lowest BCUT2D eigenvalue weighted by Gasteiger charge is -2.10. The van der Waals surface area contributed by atoms with Crippen LogP contribution in [0.1, 0.15) is 35.2 Å². The van der Waals surface area contributed by atoms with E-state index in [9.17, 15) is 27.6 Å². The average Bonchev–Trinajstić information content (AvgIpc) is 2.98. The Kier molecular flexibility index (Phi) is 16.5. The number of carbonyl (C=O) groups excluding carboxylic acids is 2. The summed E-state index contributed by atoms with van der Waals surface area (Å²) in [4.78, 5) is 49.1. The quantitative estimate of drug-likeness (QED) is 0.119. The molecule has 0 aliphatic heterocycles. The van der Waals surface area contributed by atoms with Crippen LogP contribution in [0.25, 0.3) is 0 Å². The largest absolute Gasteiger partial charge is 0.481 e. The van der Waals surface area contributed by atoms with Gasteiger partial charge in [0.05, 0.1) is 43.5 Å². The Morgan fingerprint density at radius 2 is 1.50 bits per heavy atom. The van der Waals surface area contributed by atoms with Crippen LogP contribution in [0.15, 0.2) is 47.5 Å². The highest BCUT2D eigenvalue weighted by molar-refractivity contribution is 7.92. The number of rotatable bonds is 24. The first kappa shape index (κ1) is 36.2. The second-order valence-electron chi connectivity index (χ2n) is 9.20. The van der Waals surface area contributed by atoms with Crippen LogP contribution in [-0.2, 0) is 49.8 Å². The molecule has 0 unspecified atom stereocenters. The number of nitrogens with one attached hydrogen (secondary N) is 2. The number of benzene rings is 1. The van der Waals surface area contributed by atoms with E-state index < -0.39 is 27.9 Å². The van der Waals surface area contributed by atoms with Crippen molar-refractivity contribution >= 4 is 39.5 Å². The maximum Gasteiger partial charge on any atom is 0.329 e. The molecule has 1 amide bonds. The van der Waals surface area contributed by atoms with E-state index >= 15 is 0 Å². The number of aryl methyl sites for hydroxylation is 1. The van der Waals surface area contributed by atoms with Crippen molar-refractivity contribution in [3.8, 4) is 0 Å². The Hall–Kier alpha value is -3.96. The van der Waals surface area contributed by atoms with Crippen LogP contribution in [0.2, 0.25) is 0 Å². The lowest BCUT2D eigenvalue weighted by Crippen LogP contribution is -2.28. The van der Waals surface area contributed by atoms with Gasteiger partial charge in [-0.2, -0.15) is 0 Å². The summed E-state index contributed by atoms with van der Waals surface area (Å²) >= 11 is 0. The molecule has 1 heterocycles. The van der Waals surface area contributed by atoms with Crippen LogP contribution >= 0.6 is 0 Å². The zero-order valence-corrected chi connectivity index (χ0v) is 24.9. The van der Waals surface area contributed by atoms with Crippen molar-refractivity contribution in [3.05, 3.63) is 53.7 Å². The van der Waals surface area contributed by atoms with Crippen molar-refractivity contribution in [3.63, 3.8) is 0 Å². The van der Waals surface area contributed by atoms with Gasteiger partial charge in [0.2, 0.25) is 0 Å². The Morgan fingerprint density at radius 3 is 2.18 bits per heavy atom. The number of sulfonamides is 1. The molecule has 16 heteroatoms. The third-order valence-electron chi connectivity index (χ3n) is 5.61. The summed E-state index contributed by atoms with van der Waals surface area (Å²) in [7, 11) is -3.98. The molecule has 4 N–H and O–H groups in total. The van der Waals surface area contributed by atoms with Crippen LogP contribution in [0.5, 0.6) is 0 Å². The molecule has 0 saturated heterocycles. The summed E-state index contributed by atoms with van der Waals surface area (Å²) < 4.78 is 48.5. The lowest BCUT2D eigenvalue weighted by molar-refractivity contribution is -0.142. The van der Waals surface area contributed by atoms with E-state index in [2.05, 4.69) is 15.0 Å². The average molecular weight is 640 g/mol. The Balaban J connectivity index is 1.57. The van der Waals surface area contributed by atoms with Crippen molar-refractivity contribution in [1.82, 2.24) is 10.3 Å². The van der Waals surface area contributed by atoms with Gasteiger partial charge in [0.1, 0.15) is 19.0 Å². The van der Waals surface area contributed by atoms with Crippen LogP contribution in [0, 0.1) is 0 Å². The molecule has 0 aliphatic rings. The number of amides is 1. The number of aromatic nitrogens is 1. The third kappa shape index (κ3) is 15.5. The molecule has 44 heavy (non-hydrogen) atoms. The van der Waals surface area contributed by atoms with Crippen LogP contribution < -0.4 is 10.0 Å². The number of hydrogen-bond donors (Lipinski definition) is 4. The van der Waals surface area contributed by atoms with Gasteiger partial charge in [0, 0.05) is 32.2 Å². The van der Waals surface area contributed by atoms with Gasteiger partial charge in [-0.15, -0.1) is 0 Å². The number of carboxylic acid groups (broad SMARTS) is 2. The molecular formula is C28H37N3O12S. The first-order valence-corrected chi connectivity index (χ1v) is 15.2. The minimum absolute atomic E-state index is 0.00713. The fourth-order valence-electron chi connectivity index (χ4n) is 3.47. The number of anilines is 1. The fourth-order valence-corrected chi connectivity index (χ4v) is 4.55. The van der Waals surface area contributed by atoms with Crippen molar-refractivity contribution in [2.45, 2.75) is 30.6 Å². The van der Waals surface area contributed by atoms with Crippen molar-refractivity contribution < 1.29 is 56.8 Å². The summed E-state index contributed by atoms with van der Waals surface area (Å²) in [6.07, 6.45) is 2.09. The third-order valence-corrected chi connectivity index (χ3v) is 6.96. The first-order chi connectivity index (χ1) is 21.1. The van der Waals surface area contributed by atoms with Gasteiger partial charge in [0.15, 0.2) is 5.78 Å². The molecule has 0 spiro atoms. The van der Waals surface area contributed by atoms with E-state index in [4.69, 9.17) is 29.2 Å². The normalized spacial score (nSPS) is 11.2. The van der Waals surface area contributed by atoms with Crippen LogP contribution in [0.4, 0.5) is 5.82 Å². The second-order valence-corrected chi connectivity index (χ2v) is 10.9. The Bertz CT molecular complexity index is 1320. The van der Waals surface area contributed by atoms with E-state index in [1.165, 1.54) is 36.5 Å². The number of nitrogens with zero attached hydrogens (tertiary/aromatic N) is 1. The van der Waals surface area contributed by atoms with Gasteiger partial charge < -0.3 is 34.5 Å². The molecule has 242 valence electrons. The molecule has 0 atom stereocenters. The molecule has 0 radical (unpaired) electrons. The predicted molar refractivity (Wildman–Crippen MR) is 155 cm³/mol. The van der Waals surface area contributed by atoms with Crippen molar-refractivity contribution in [1.29, 1.82) is 0 Å². The van der Waals surface area contributed by atoms with E-state index in [1.54, 1.807) is 6.07 Å².